The van der Waals surface area contributed by atoms with E-state index in [0.717, 1.165) is 41.8 Å². The van der Waals surface area contributed by atoms with Crippen molar-refractivity contribution in [3.8, 4) is 5.69 Å². The molecule has 4 rings (SSSR count). The van der Waals surface area contributed by atoms with Crippen LogP contribution in [0, 0.1) is 5.82 Å². The van der Waals surface area contributed by atoms with Gasteiger partial charge in [-0.25, -0.2) is 17.5 Å². The molecule has 8 heteroatoms. The minimum absolute atomic E-state index is 0.196. The molecule has 0 saturated heterocycles. The summed E-state index contributed by atoms with van der Waals surface area (Å²) in [5.74, 6) is -0.516. The van der Waals surface area contributed by atoms with E-state index in [9.17, 15) is 17.6 Å². The average molecular weight is 442 g/mol. The zero-order valence-corrected chi connectivity index (χ0v) is 18.5. The van der Waals surface area contributed by atoms with Gasteiger partial charge in [0.2, 0.25) is 0 Å². The fraction of sp³-hybridized carbons (Fsp3) is 0.304. The first-order valence-corrected chi connectivity index (χ1v) is 12.0. The van der Waals surface area contributed by atoms with Crippen molar-refractivity contribution in [2.24, 2.45) is 0 Å². The lowest BCUT2D eigenvalue weighted by Gasteiger charge is -2.25. The number of nitrogens with zero attached hydrogens (tertiary/aromatic N) is 3. The Morgan fingerprint density at radius 2 is 1.74 bits per heavy atom. The van der Waals surface area contributed by atoms with Crippen LogP contribution in [0.15, 0.2) is 53.4 Å². The molecule has 6 nitrogen and oxygen atoms in total. The number of rotatable bonds is 5. The Morgan fingerprint density at radius 1 is 1.10 bits per heavy atom. The van der Waals surface area contributed by atoms with Crippen molar-refractivity contribution >= 4 is 15.7 Å². The first-order valence-electron chi connectivity index (χ1n) is 10.1. The summed E-state index contributed by atoms with van der Waals surface area (Å²) in [5.41, 5.74) is 3.91. The third-order valence-corrected chi connectivity index (χ3v) is 7.02. The van der Waals surface area contributed by atoms with Crippen LogP contribution in [0.25, 0.3) is 5.69 Å². The highest BCUT2D eigenvalue weighted by Crippen LogP contribution is 2.30. The van der Waals surface area contributed by atoms with Gasteiger partial charge in [0.25, 0.3) is 5.91 Å². The predicted octanol–water partition coefficient (Wildman–Crippen LogP) is 3.74. The number of fused-ring (bicyclic) bond motifs is 1. The highest BCUT2D eigenvalue weighted by atomic mass is 32.2. The molecule has 0 N–H and O–H groups in total. The molecule has 1 amide bonds. The van der Waals surface area contributed by atoms with E-state index in [1.54, 1.807) is 53.0 Å². The lowest BCUT2D eigenvalue weighted by Crippen LogP contribution is -2.30. The number of halogens is 1. The van der Waals surface area contributed by atoms with E-state index in [1.165, 1.54) is 18.4 Å². The van der Waals surface area contributed by atoms with Crippen molar-refractivity contribution in [3.63, 3.8) is 0 Å². The summed E-state index contributed by atoms with van der Waals surface area (Å²) < 4.78 is 38.5. The topological polar surface area (TPSA) is 72.3 Å². The molecule has 0 radical (unpaired) electrons. The maximum atomic E-state index is 13.3. The van der Waals surface area contributed by atoms with Crippen molar-refractivity contribution in [2.45, 2.75) is 37.1 Å². The van der Waals surface area contributed by atoms with E-state index in [-0.39, 0.29) is 22.7 Å². The van der Waals surface area contributed by atoms with Gasteiger partial charge in [0.1, 0.15) is 5.82 Å². The summed E-state index contributed by atoms with van der Waals surface area (Å²) in [6.07, 6.45) is 3.71. The van der Waals surface area contributed by atoms with Crippen LogP contribution in [0.1, 0.15) is 46.7 Å². The molecule has 1 aliphatic rings. The molecule has 1 heterocycles. The number of hydrogen-bond acceptors (Lipinski definition) is 4. The van der Waals surface area contributed by atoms with Crippen molar-refractivity contribution in [3.05, 3.63) is 76.9 Å². The quantitative estimate of drug-likeness (QED) is 0.605. The molecule has 1 atom stereocenters. The minimum Gasteiger partial charge on any atom is -0.334 e. The van der Waals surface area contributed by atoms with Gasteiger partial charge in [0.05, 0.1) is 16.6 Å². The summed E-state index contributed by atoms with van der Waals surface area (Å²) in [6, 6.07) is 12.4. The largest absolute Gasteiger partial charge is 0.334 e. The molecule has 0 bridgehead atoms. The zero-order chi connectivity index (χ0) is 22.3. The molecule has 2 aromatic carbocycles. The minimum atomic E-state index is -3.27. The van der Waals surface area contributed by atoms with E-state index in [1.807, 2.05) is 6.92 Å². The summed E-state index contributed by atoms with van der Waals surface area (Å²) in [6.45, 7) is 1.89. The zero-order valence-electron chi connectivity index (χ0n) is 17.7. The molecule has 31 heavy (non-hydrogen) atoms. The summed E-state index contributed by atoms with van der Waals surface area (Å²) >= 11 is 0. The van der Waals surface area contributed by atoms with Gasteiger partial charge in [-0.3, -0.25) is 4.79 Å². The highest BCUT2D eigenvalue weighted by Gasteiger charge is 2.30. The second kappa shape index (κ2) is 7.92. The third kappa shape index (κ3) is 3.99. The summed E-state index contributed by atoms with van der Waals surface area (Å²) in [4.78, 5) is 15.2. The monoisotopic (exact) mass is 441 g/mol. The van der Waals surface area contributed by atoms with Crippen LogP contribution in [0.4, 0.5) is 4.39 Å². The lowest BCUT2D eigenvalue weighted by atomic mass is 10.1. The van der Waals surface area contributed by atoms with Crippen molar-refractivity contribution in [1.29, 1.82) is 0 Å². The second-order valence-electron chi connectivity index (χ2n) is 7.95. The van der Waals surface area contributed by atoms with Gasteiger partial charge in [-0.2, -0.15) is 5.10 Å². The van der Waals surface area contributed by atoms with Gasteiger partial charge in [-0.15, -0.1) is 0 Å². The van der Waals surface area contributed by atoms with E-state index in [0.29, 0.717) is 5.69 Å². The Bertz CT molecular complexity index is 1230. The standard InChI is InChI=1S/C23H24FN3O3S/c1-15(16-7-13-19(14-8-16)31(3,29)30)26(2)23(28)22-20-5-4-6-21(20)27(25-22)18-11-9-17(24)10-12-18/h7-15H,4-6H2,1-3H3/t15-/m0/s1. The molecular formula is C23H24FN3O3S. The Balaban J connectivity index is 1.63. The number of amides is 1. The van der Waals surface area contributed by atoms with E-state index in [2.05, 4.69) is 5.10 Å². The molecule has 0 unspecified atom stereocenters. The van der Waals surface area contributed by atoms with Gasteiger partial charge in [-0.05, 0) is 68.1 Å². The maximum absolute atomic E-state index is 13.3. The SMILES string of the molecule is C[C@@H](c1ccc(S(C)(=O)=O)cc1)N(C)C(=O)c1nn(-c2ccc(F)cc2)c2c1CCC2. The van der Waals surface area contributed by atoms with Gasteiger partial charge < -0.3 is 4.90 Å². The van der Waals surface area contributed by atoms with Crippen molar-refractivity contribution < 1.29 is 17.6 Å². The molecule has 0 fully saturated rings. The molecule has 0 aliphatic heterocycles. The Morgan fingerprint density at radius 3 is 2.35 bits per heavy atom. The average Bonchev–Trinajstić information content (AvgIpc) is 3.35. The normalized spacial score (nSPS) is 14.3. The fourth-order valence-corrected chi connectivity index (χ4v) is 4.60. The van der Waals surface area contributed by atoms with E-state index in [4.69, 9.17) is 0 Å². The third-order valence-electron chi connectivity index (χ3n) is 5.90. The molecule has 0 spiro atoms. The number of benzene rings is 2. The van der Waals surface area contributed by atoms with Crippen LogP contribution in [-0.2, 0) is 22.7 Å². The second-order valence-corrected chi connectivity index (χ2v) is 9.96. The Labute approximate surface area is 181 Å². The number of sulfone groups is 1. The van der Waals surface area contributed by atoms with Crippen molar-refractivity contribution in [2.75, 3.05) is 13.3 Å². The van der Waals surface area contributed by atoms with Crippen LogP contribution >= 0.6 is 0 Å². The number of carbonyl (C=O) groups is 1. The Hall–Kier alpha value is -3.00. The fourth-order valence-electron chi connectivity index (χ4n) is 3.97. The molecule has 162 valence electrons. The summed E-state index contributed by atoms with van der Waals surface area (Å²) in [5, 5.41) is 4.60. The van der Waals surface area contributed by atoms with Crippen LogP contribution in [-0.4, -0.2) is 42.3 Å². The molecule has 1 aromatic heterocycles. The highest BCUT2D eigenvalue weighted by molar-refractivity contribution is 7.90. The van der Waals surface area contributed by atoms with Gasteiger partial charge >= 0.3 is 0 Å². The molecule has 0 saturated carbocycles. The first-order chi connectivity index (χ1) is 14.7. The van der Waals surface area contributed by atoms with E-state index >= 15 is 0 Å². The number of carbonyl (C=O) groups excluding carboxylic acids is 1. The lowest BCUT2D eigenvalue weighted by molar-refractivity contribution is 0.0735. The maximum Gasteiger partial charge on any atom is 0.274 e. The Kier molecular flexibility index (Phi) is 5.43. The van der Waals surface area contributed by atoms with Crippen LogP contribution in [0.3, 0.4) is 0 Å². The van der Waals surface area contributed by atoms with Crippen LogP contribution in [0.5, 0.6) is 0 Å². The van der Waals surface area contributed by atoms with E-state index < -0.39 is 9.84 Å². The van der Waals surface area contributed by atoms with Crippen LogP contribution in [0.2, 0.25) is 0 Å². The number of aromatic nitrogens is 2. The van der Waals surface area contributed by atoms with Gasteiger partial charge in [0, 0.05) is 24.6 Å². The van der Waals surface area contributed by atoms with Gasteiger partial charge in [-0.1, -0.05) is 12.1 Å². The molecule has 3 aromatic rings. The van der Waals surface area contributed by atoms with Crippen molar-refractivity contribution in [1.82, 2.24) is 14.7 Å². The smallest absolute Gasteiger partial charge is 0.274 e. The molecule has 1 aliphatic carbocycles. The predicted molar refractivity (Wildman–Crippen MR) is 116 cm³/mol. The van der Waals surface area contributed by atoms with Crippen LogP contribution < -0.4 is 0 Å². The summed E-state index contributed by atoms with van der Waals surface area (Å²) in [7, 11) is -1.56. The number of hydrogen-bond donors (Lipinski definition) is 0. The first kappa shape index (κ1) is 21.2. The van der Waals surface area contributed by atoms with Gasteiger partial charge in [0.15, 0.2) is 15.5 Å². The molecular weight excluding hydrogens is 417 g/mol.